The maximum absolute atomic E-state index is 12.7. The van der Waals surface area contributed by atoms with E-state index >= 15 is 0 Å². The Labute approximate surface area is 127 Å². The molecule has 0 heterocycles. The Balaban J connectivity index is 1.94. The molecule has 0 nitrogen and oxygen atoms in total. The van der Waals surface area contributed by atoms with Gasteiger partial charge in [-0.15, -0.1) is 0 Å². The molecule has 0 aromatic heterocycles. The molecule has 124 valence electrons. The number of hydrogen-bond donors (Lipinski definition) is 0. The number of rotatable bonds is 2. The maximum atomic E-state index is 12.7. The Morgan fingerprint density at radius 1 is 1.00 bits per heavy atom. The summed E-state index contributed by atoms with van der Waals surface area (Å²) in [6.45, 7) is 4.32. The van der Waals surface area contributed by atoms with Gasteiger partial charge in [-0.2, -0.15) is 0 Å². The topological polar surface area (TPSA) is 0 Å². The number of hydrogen-bond acceptors (Lipinski definition) is 0. The van der Waals surface area contributed by atoms with Gasteiger partial charge < -0.3 is 0 Å². The molecule has 2 aliphatic carbocycles. The average molecular weight is 338 g/mol. The second kappa shape index (κ2) is 3.89. The molecule has 2 bridgehead atoms. The molecule has 2 unspecified atom stereocenters. The van der Waals surface area contributed by atoms with E-state index in [1.54, 1.807) is 0 Å². The lowest BCUT2D eigenvalue weighted by atomic mass is 9.72. The second-order valence-electron chi connectivity index (χ2n) is 7.07. The van der Waals surface area contributed by atoms with E-state index in [0.29, 0.717) is 29.5 Å². The summed E-state index contributed by atoms with van der Waals surface area (Å²) in [6, 6.07) is 3.27. The molecule has 0 amide bonds. The molecule has 22 heavy (non-hydrogen) atoms. The normalized spacial score (nSPS) is 32.0. The van der Waals surface area contributed by atoms with Crippen LogP contribution in [0.4, 0.5) is 19.4 Å². The number of benzene rings is 1. The van der Waals surface area contributed by atoms with Gasteiger partial charge in [-0.05, 0) is 54.2 Å². The predicted octanol–water partition coefficient (Wildman–Crippen LogP) is 7.18. The van der Waals surface area contributed by atoms with Crippen LogP contribution in [0.3, 0.4) is 0 Å². The van der Waals surface area contributed by atoms with Crippen LogP contribution in [0.15, 0.2) is 34.7 Å². The first-order chi connectivity index (χ1) is 9.77. The van der Waals surface area contributed by atoms with E-state index in [4.69, 9.17) is 0 Å². The Morgan fingerprint density at radius 2 is 1.59 bits per heavy atom. The van der Waals surface area contributed by atoms with Crippen LogP contribution in [0, 0.1) is 17.3 Å². The van der Waals surface area contributed by atoms with Crippen molar-refractivity contribution in [2.75, 3.05) is 0 Å². The average Bonchev–Trinajstić information content (AvgIpc) is 2.89. The number of halogens is 5. The van der Waals surface area contributed by atoms with Crippen molar-refractivity contribution in [1.82, 2.24) is 0 Å². The third-order valence-electron chi connectivity index (χ3n) is 5.28. The quantitative estimate of drug-likeness (QED) is 0.501. The van der Waals surface area contributed by atoms with Gasteiger partial charge in [0.25, 0.3) is 0 Å². The van der Waals surface area contributed by atoms with Gasteiger partial charge in [0.05, 0.1) is 0 Å². The zero-order valence-corrected chi connectivity index (χ0v) is 13.3. The molecule has 0 aliphatic heterocycles. The van der Waals surface area contributed by atoms with Crippen molar-refractivity contribution in [2.45, 2.75) is 38.0 Å². The summed E-state index contributed by atoms with van der Waals surface area (Å²) >= 11 is 0. The van der Waals surface area contributed by atoms with E-state index < -0.39 is 15.1 Å². The Bertz CT molecular complexity index is 639. The van der Waals surface area contributed by atoms with Crippen LogP contribution in [0.25, 0.3) is 6.08 Å². The van der Waals surface area contributed by atoms with Crippen molar-refractivity contribution in [2.24, 2.45) is 17.3 Å². The SMILES string of the molecule is CC1(C)/C(=C/c2ccc(S(F)(F)(F)(F)F)cc2)C2CCC1C2. The fourth-order valence-corrected chi connectivity index (χ4v) is 4.64. The first-order valence-corrected chi connectivity index (χ1v) is 9.29. The highest BCUT2D eigenvalue weighted by Gasteiger charge is 2.65. The fraction of sp³-hybridized carbons (Fsp3) is 0.500. The van der Waals surface area contributed by atoms with Gasteiger partial charge in [-0.3, -0.25) is 0 Å². The van der Waals surface area contributed by atoms with E-state index in [9.17, 15) is 19.4 Å². The lowest BCUT2D eigenvalue weighted by molar-refractivity contribution is 0.290. The molecule has 6 heteroatoms. The van der Waals surface area contributed by atoms with Gasteiger partial charge >= 0.3 is 10.2 Å². The molecule has 2 saturated carbocycles. The summed E-state index contributed by atoms with van der Waals surface area (Å²) in [7, 11) is -9.57. The summed E-state index contributed by atoms with van der Waals surface area (Å²) in [5.41, 5.74) is 1.84. The molecular formula is C16H19F5S. The lowest BCUT2D eigenvalue weighted by Crippen LogP contribution is -2.22. The molecule has 1 aromatic rings. The highest BCUT2D eigenvalue weighted by atomic mass is 32.5. The lowest BCUT2D eigenvalue weighted by Gasteiger charge is -2.40. The zero-order valence-electron chi connectivity index (χ0n) is 12.5. The van der Waals surface area contributed by atoms with Crippen LogP contribution < -0.4 is 0 Å². The first-order valence-electron chi connectivity index (χ1n) is 7.33. The van der Waals surface area contributed by atoms with Crippen LogP contribution in [-0.4, -0.2) is 0 Å². The van der Waals surface area contributed by atoms with Crippen molar-refractivity contribution in [3.63, 3.8) is 0 Å². The highest BCUT2D eigenvalue weighted by Crippen LogP contribution is 3.02. The van der Waals surface area contributed by atoms with Crippen LogP contribution in [0.1, 0.15) is 38.7 Å². The number of allylic oxidation sites excluding steroid dienone is 1. The minimum atomic E-state index is -9.57. The molecule has 0 radical (unpaired) electrons. The van der Waals surface area contributed by atoms with Gasteiger partial charge in [-0.25, -0.2) is 0 Å². The summed E-state index contributed by atoms with van der Waals surface area (Å²) in [5.74, 6) is 1.10. The van der Waals surface area contributed by atoms with Gasteiger partial charge in [0.15, 0.2) is 0 Å². The highest BCUT2D eigenvalue weighted by molar-refractivity contribution is 8.45. The van der Waals surface area contributed by atoms with Gasteiger partial charge in [0, 0.05) is 0 Å². The molecule has 2 atom stereocenters. The third-order valence-corrected chi connectivity index (χ3v) is 6.45. The largest absolute Gasteiger partial charge is 0.310 e. The predicted molar refractivity (Wildman–Crippen MR) is 80.4 cm³/mol. The molecule has 0 N–H and O–H groups in total. The standard InChI is InChI=1S/C16H19F5S/c1-16(2)13-6-5-12(10-13)15(16)9-11-3-7-14(8-4-11)22(17,18,19,20)21/h3-4,7-9,12-13H,5-6,10H2,1-2H3/b15-9+. The molecule has 0 saturated heterocycles. The van der Waals surface area contributed by atoms with Crippen molar-refractivity contribution in [1.29, 1.82) is 0 Å². The fourth-order valence-electron chi connectivity index (χ4n) is 3.99. The van der Waals surface area contributed by atoms with Crippen molar-refractivity contribution >= 4 is 16.3 Å². The van der Waals surface area contributed by atoms with Crippen LogP contribution in [0.2, 0.25) is 0 Å². The van der Waals surface area contributed by atoms with Gasteiger partial charge in [0.2, 0.25) is 0 Å². The molecule has 1 aromatic carbocycles. The van der Waals surface area contributed by atoms with E-state index in [2.05, 4.69) is 13.8 Å². The molecule has 2 fully saturated rings. The van der Waals surface area contributed by atoms with E-state index in [1.165, 1.54) is 12.0 Å². The summed E-state index contributed by atoms with van der Waals surface area (Å²) in [6.07, 6.45) is 5.32. The molecule has 2 aliphatic rings. The van der Waals surface area contributed by atoms with E-state index in [1.807, 2.05) is 6.08 Å². The summed E-state index contributed by atoms with van der Waals surface area (Å²) in [4.78, 5) is -1.82. The van der Waals surface area contributed by atoms with E-state index in [-0.39, 0.29) is 5.41 Å². The first kappa shape index (κ1) is 15.8. The van der Waals surface area contributed by atoms with Gasteiger partial charge in [0.1, 0.15) is 4.90 Å². The maximum Gasteiger partial charge on any atom is 0.310 e. The zero-order chi connectivity index (χ0) is 16.5. The minimum Gasteiger partial charge on any atom is -0.0936 e. The Hall–Kier alpha value is -1.04. The summed E-state index contributed by atoms with van der Waals surface area (Å²) < 4.78 is 63.6. The molecular weight excluding hydrogens is 319 g/mol. The van der Waals surface area contributed by atoms with E-state index in [0.717, 1.165) is 25.0 Å². The van der Waals surface area contributed by atoms with Crippen LogP contribution >= 0.6 is 10.2 Å². The number of fused-ring (bicyclic) bond motifs is 2. The van der Waals surface area contributed by atoms with Crippen molar-refractivity contribution < 1.29 is 19.4 Å². The summed E-state index contributed by atoms with van der Waals surface area (Å²) in [5, 5.41) is 0. The second-order valence-corrected chi connectivity index (χ2v) is 9.48. The van der Waals surface area contributed by atoms with Crippen molar-refractivity contribution in [3.8, 4) is 0 Å². The molecule has 0 spiro atoms. The van der Waals surface area contributed by atoms with Crippen LogP contribution in [-0.2, 0) is 0 Å². The minimum absolute atomic E-state index is 0.0433. The monoisotopic (exact) mass is 338 g/mol. The molecule has 3 rings (SSSR count). The smallest absolute Gasteiger partial charge is 0.0936 e. The van der Waals surface area contributed by atoms with Crippen molar-refractivity contribution in [3.05, 3.63) is 35.4 Å². The Morgan fingerprint density at radius 3 is 2.05 bits per heavy atom. The Kier molecular flexibility index (Phi) is 2.80. The van der Waals surface area contributed by atoms with Gasteiger partial charge in [-0.1, -0.05) is 57.1 Å². The third kappa shape index (κ3) is 2.66. The van der Waals surface area contributed by atoms with Crippen LogP contribution in [0.5, 0.6) is 0 Å².